The van der Waals surface area contributed by atoms with Crippen LogP contribution in [0.15, 0.2) is 12.1 Å². The van der Waals surface area contributed by atoms with Crippen molar-refractivity contribution < 1.29 is 4.74 Å². The van der Waals surface area contributed by atoms with Crippen molar-refractivity contribution in [1.29, 1.82) is 0 Å². The Morgan fingerprint density at radius 3 is 2.59 bits per heavy atom. The molecule has 0 radical (unpaired) electrons. The third kappa shape index (κ3) is 5.63. The van der Waals surface area contributed by atoms with Crippen LogP contribution in [0.4, 0.5) is 0 Å². The first-order chi connectivity index (χ1) is 10.7. The second-order valence-electron chi connectivity index (χ2n) is 6.06. The molecule has 0 aliphatic heterocycles. The van der Waals surface area contributed by atoms with E-state index in [2.05, 4.69) is 46.4 Å². The summed E-state index contributed by atoms with van der Waals surface area (Å²) in [6, 6.07) is 4.37. The molecule has 5 heteroatoms. The van der Waals surface area contributed by atoms with E-state index in [1.54, 1.807) is 7.11 Å². The summed E-state index contributed by atoms with van der Waals surface area (Å²) >= 11 is 0. The minimum absolute atomic E-state index is 0.556. The fraction of sp³-hybridized carbons (Fsp3) is 0.647. The molecule has 120 valence electrons. The third-order valence-electron chi connectivity index (χ3n) is 3.90. The molecule has 1 N–H and O–H groups in total. The van der Waals surface area contributed by atoms with Crippen LogP contribution in [0.2, 0.25) is 0 Å². The second kappa shape index (κ2) is 8.72. The molecule has 0 saturated heterocycles. The highest BCUT2D eigenvalue weighted by Gasteiger charge is 2.19. The highest BCUT2D eigenvalue weighted by atomic mass is 16.5. The van der Waals surface area contributed by atoms with Crippen molar-refractivity contribution in [2.75, 3.05) is 27.7 Å². The van der Waals surface area contributed by atoms with Gasteiger partial charge in [-0.15, -0.1) is 5.10 Å². The molecule has 0 atom stereocenters. The van der Waals surface area contributed by atoms with Crippen molar-refractivity contribution >= 4 is 0 Å². The standard InChI is InChI=1S/C17H26N4O/c1-21(2)12-4-5-14-6-8-15(9-7-14)18-13-16-10-11-17(22-3)20-19-16/h10-11,14-15,18H,6-9,12-13H2,1-3H3/t14-,15-. The number of nitrogens with one attached hydrogen (secondary N) is 1. The minimum atomic E-state index is 0.556. The number of methoxy groups -OCH3 is 1. The number of nitrogens with zero attached hydrogens (tertiary/aromatic N) is 3. The Morgan fingerprint density at radius 1 is 1.23 bits per heavy atom. The van der Waals surface area contributed by atoms with E-state index in [0.717, 1.165) is 18.8 Å². The van der Waals surface area contributed by atoms with Crippen LogP contribution >= 0.6 is 0 Å². The summed E-state index contributed by atoms with van der Waals surface area (Å²) in [5, 5.41) is 11.7. The first-order valence-corrected chi connectivity index (χ1v) is 7.90. The Morgan fingerprint density at radius 2 is 2.00 bits per heavy atom. The van der Waals surface area contributed by atoms with Crippen molar-refractivity contribution in [2.24, 2.45) is 5.92 Å². The van der Waals surface area contributed by atoms with Crippen LogP contribution in [-0.2, 0) is 6.54 Å². The van der Waals surface area contributed by atoms with Gasteiger partial charge in [-0.25, -0.2) is 0 Å². The van der Waals surface area contributed by atoms with Crippen molar-refractivity contribution in [1.82, 2.24) is 20.4 Å². The molecule has 0 unspecified atom stereocenters. The van der Waals surface area contributed by atoms with E-state index < -0.39 is 0 Å². The highest BCUT2D eigenvalue weighted by molar-refractivity contribution is 5.11. The monoisotopic (exact) mass is 302 g/mol. The fourth-order valence-corrected chi connectivity index (χ4v) is 2.59. The Balaban J connectivity index is 1.69. The van der Waals surface area contributed by atoms with Crippen molar-refractivity contribution in [3.63, 3.8) is 0 Å². The van der Waals surface area contributed by atoms with E-state index >= 15 is 0 Å². The number of ether oxygens (including phenoxy) is 1. The van der Waals surface area contributed by atoms with Gasteiger partial charge in [-0.1, -0.05) is 11.8 Å². The maximum atomic E-state index is 5.01. The predicted molar refractivity (Wildman–Crippen MR) is 87.5 cm³/mol. The molecule has 0 amide bonds. The molecule has 1 aromatic heterocycles. The molecule has 1 saturated carbocycles. The lowest BCUT2D eigenvalue weighted by Crippen LogP contribution is -2.32. The number of hydrogen-bond donors (Lipinski definition) is 1. The third-order valence-corrected chi connectivity index (χ3v) is 3.90. The normalized spacial score (nSPS) is 21.3. The topological polar surface area (TPSA) is 50.3 Å². The maximum Gasteiger partial charge on any atom is 0.233 e. The first-order valence-electron chi connectivity index (χ1n) is 7.90. The Labute approximate surface area is 133 Å². The molecule has 22 heavy (non-hydrogen) atoms. The van der Waals surface area contributed by atoms with E-state index in [-0.39, 0.29) is 0 Å². The Hall–Kier alpha value is -1.64. The smallest absolute Gasteiger partial charge is 0.233 e. The molecular formula is C17H26N4O. The van der Waals surface area contributed by atoms with Gasteiger partial charge in [-0.2, -0.15) is 5.10 Å². The summed E-state index contributed by atoms with van der Waals surface area (Å²) in [5.41, 5.74) is 0.952. The average molecular weight is 302 g/mol. The van der Waals surface area contributed by atoms with E-state index in [4.69, 9.17) is 4.74 Å². The van der Waals surface area contributed by atoms with Gasteiger partial charge in [0.25, 0.3) is 0 Å². The zero-order valence-electron chi connectivity index (χ0n) is 13.8. The van der Waals surface area contributed by atoms with Gasteiger partial charge in [0.2, 0.25) is 5.88 Å². The van der Waals surface area contributed by atoms with Gasteiger partial charge in [0.1, 0.15) is 0 Å². The van der Waals surface area contributed by atoms with Crippen molar-refractivity contribution in [2.45, 2.75) is 38.3 Å². The number of rotatable bonds is 5. The van der Waals surface area contributed by atoms with E-state index in [1.807, 2.05) is 12.1 Å². The zero-order valence-corrected chi connectivity index (χ0v) is 13.8. The van der Waals surface area contributed by atoms with Gasteiger partial charge < -0.3 is 10.1 Å². The summed E-state index contributed by atoms with van der Waals surface area (Å²) in [6.07, 6.45) is 4.74. The average Bonchev–Trinajstić information content (AvgIpc) is 2.54. The molecule has 2 rings (SSSR count). The summed E-state index contributed by atoms with van der Waals surface area (Å²) in [4.78, 5) is 2.11. The number of aromatic nitrogens is 2. The van der Waals surface area contributed by atoms with Crippen LogP contribution in [0.5, 0.6) is 5.88 Å². The highest BCUT2D eigenvalue weighted by Crippen LogP contribution is 2.23. The SMILES string of the molecule is COc1ccc(CN[C@H]2CC[C@H](C#CCN(C)C)CC2)nn1. The van der Waals surface area contributed by atoms with Crippen LogP contribution in [0.3, 0.4) is 0 Å². The lowest BCUT2D eigenvalue weighted by molar-refractivity contribution is 0.330. The van der Waals surface area contributed by atoms with Crippen LogP contribution in [-0.4, -0.2) is 48.9 Å². The van der Waals surface area contributed by atoms with Crippen LogP contribution in [0.25, 0.3) is 0 Å². The van der Waals surface area contributed by atoms with Crippen LogP contribution < -0.4 is 10.1 Å². The van der Waals surface area contributed by atoms with Gasteiger partial charge in [0.05, 0.1) is 19.3 Å². The summed E-state index contributed by atoms with van der Waals surface area (Å²) in [5.74, 6) is 7.79. The minimum Gasteiger partial charge on any atom is -0.480 e. The van der Waals surface area contributed by atoms with Crippen LogP contribution in [0.1, 0.15) is 31.4 Å². The van der Waals surface area contributed by atoms with Crippen LogP contribution in [0, 0.1) is 17.8 Å². The summed E-state index contributed by atoms with van der Waals surface area (Å²) in [6.45, 7) is 1.62. The Kier molecular flexibility index (Phi) is 6.63. The zero-order chi connectivity index (χ0) is 15.8. The summed E-state index contributed by atoms with van der Waals surface area (Å²) < 4.78 is 5.01. The fourth-order valence-electron chi connectivity index (χ4n) is 2.59. The van der Waals surface area contributed by atoms with E-state index in [1.165, 1.54) is 25.7 Å². The van der Waals surface area contributed by atoms with Gasteiger partial charge in [-0.05, 0) is 45.8 Å². The second-order valence-corrected chi connectivity index (χ2v) is 6.06. The molecule has 5 nitrogen and oxygen atoms in total. The van der Waals surface area contributed by atoms with E-state index in [0.29, 0.717) is 17.8 Å². The first kappa shape index (κ1) is 16.7. The van der Waals surface area contributed by atoms with Gasteiger partial charge in [0, 0.05) is 24.6 Å². The van der Waals surface area contributed by atoms with Gasteiger partial charge >= 0.3 is 0 Å². The van der Waals surface area contributed by atoms with E-state index in [9.17, 15) is 0 Å². The number of hydrogen-bond acceptors (Lipinski definition) is 5. The molecule has 0 bridgehead atoms. The molecule has 0 spiro atoms. The van der Waals surface area contributed by atoms with Gasteiger partial charge in [-0.3, -0.25) is 4.90 Å². The molecule has 1 fully saturated rings. The molecule has 1 aromatic rings. The van der Waals surface area contributed by atoms with Crippen molar-refractivity contribution in [3.05, 3.63) is 17.8 Å². The predicted octanol–water partition coefficient (Wildman–Crippen LogP) is 1.70. The lowest BCUT2D eigenvalue weighted by Gasteiger charge is -2.26. The maximum absolute atomic E-state index is 5.01. The summed E-state index contributed by atoms with van der Waals surface area (Å²) in [7, 11) is 5.71. The quantitative estimate of drug-likeness (QED) is 0.839. The van der Waals surface area contributed by atoms with Gasteiger partial charge in [0.15, 0.2) is 0 Å². The largest absolute Gasteiger partial charge is 0.480 e. The molecule has 1 aliphatic carbocycles. The lowest BCUT2D eigenvalue weighted by atomic mass is 9.86. The molecular weight excluding hydrogens is 276 g/mol. The molecule has 1 heterocycles. The Bertz CT molecular complexity index is 496. The molecule has 1 aliphatic rings. The molecule has 0 aromatic carbocycles. The van der Waals surface area contributed by atoms with Crippen molar-refractivity contribution in [3.8, 4) is 17.7 Å².